The van der Waals surface area contributed by atoms with Gasteiger partial charge in [-0.3, -0.25) is 0 Å². The summed E-state index contributed by atoms with van der Waals surface area (Å²) in [4.78, 5) is 49.9. The average Bonchev–Trinajstić information content (AvgIpc) is 1.52. The normalized spacial score (nSPS) is 13.5. The van der Waals surface area contributed by atoms with Gasteiger partial charge in [0.15, 0.2) is 0 Å². The number of rotatable bonds is 4. The van der Waals surface area contributed by atoms with Crippen molar-refractivity contribution in [2.75, 3.05) is 0 Å². The molecule has 606 valence electrons. The van der Waals surface area contributed by atoms with Gasteiger partial charge in [-0.25, -0.2) is 19.9 Å². The Morgan fingerprint density at radius 1 is 0.218 bits per heavy atom. The van der Waals surface area contributed by atoms with Crippen LogP contribution in [0, 0.1) is 0 Å². The van der Waals surface area contributed by atoms with E-state index >= 15 is 0 Å². The molecule has 22 aromatic rings. The van der Waals surface area contributed by atoms with Gasteiger partial charge in [-0.15, -0.1) is 66.8 Å². The van der Waals surface area contributed by atoms with Crippen molar-refractivity contribution >= 4 is 205 Å². The molecule has 0 fully saturated rings. The second-order valence-corrected chi connectivity index (χ2v) is 45.8. The fraction of sp³-hybridized carbons (Fsp3) is 0.286. The van der Waals surface area contributed by atoms with Crippen LogP contribution in [0.1, 0.15) is 211 Å². The molecule has 0 amide bonds. The van der Waals surface area contributed by atoms with E-state index in [1.54, 1.807) is 0 Å². The molecule has 0 saturated heterocycles. The zero-order valence-corrected chi connectivity index (χ0v) is 83.7. The Kier molecular flexibility index (Phi) is 17.9. The quantitative estimate of drug-likeness (QED) is 0.160. The monoisotopic (exact) mass is 1750 g/mol. The van der Waals surface area contributed by atoms with Crippen LogP contribution in [0.2, 0.25) is 0 Å². The maximum absolute atomic E-state index is 6.39. The van der Waals surface area contributed by atoms with E-state index in [1.165, 1.54) is 84.9 Å². The first-order valence-electron chi connectivity index (χ1n) is 43.5. The van der Waals surface area contributed by atoms with Crippen molar-refractivity contribution in [1.29, 1.82) is 0 Å². The van der Waals surface area contributed by atoms with E-state index in [4.69, 9.17) is 39.9 Å². The minimum Gasteiger partial charge on any atom is -0.657 e. The molecule has 12 heteroatoms. The average molecular weight is 1760 g/mol. The van der Waals surface area contributed by atoms with Crippen molar-refractivity contribution in [2.24, 2.45) is 0 Å². The van der Waals surface area contributed by atoms with Gasteiger partial charge in [0.25, 0.3) is 0 Å². The van der Waals surface area contributed by atoms with Crippen molar-refractivity contribution in [1.82, 2.24) is 39.9 Å². The molecule has 0 aliphatic heterocycles. The standard InChI is InChI=1S/C112H102N8S2.2Zn/c1-105(2,3)59-37-55(38-60(45-59)106(4,5)6)87-75-33-35-77(113-75)93-101-73(91-67-29-25-27-31-85(67)121-103(91)93)53-83(119-101)90(58-43-65(111(19,20)21)48-66(44-58)112(22,23)24)82-52-72-70-50-80-88(56-39-61(107(7,8)9)46-62(40-56)108(10,11)12)76-34-36-78(114-76)94-102-74(92-68-30-26-28-32-86(68)122-104(92)94)54-84(120-102)89(57-41-63(109(13,14)15)47-64(42-57)110(16,17)18)81-51-71-69-49-79(87)115-97(69)95(100(72)118-82)96(98(70)116-80)99(71)117-81;;/h25-54H,1-24H3;;/q-4;2*+2. The first kappa shape index (κ1) is 82.0. The number of thiophene rings is 2. The maximum Gasteiger partial charge on any atom is 2.00 e. The summed E-state index contributed by atoms with van der Waals surface area (Å²) in [5.74, 6) is 0. The molecule has 16 bridgehead atoms. The molecule has 0 atom stereocenters. The second-order valence-electron chi connectivity index (χ2n) is 43.7. The Morgan fingerprint density at radius 2 is 0.468 bits per heavy atom. The summed E-state index contributed by atoms with van der Waals surface area (Å²) >= 11 is 3.68. The van der Waals surface area contributed by atoms with Gasteiger partial charge in [0.05, 0.1) is 44.1 Å². The van der Waals surface area contributed by atoms with Crippen molar-refractivity contribution in [3.8, 4) is 44.5 Å². The predicted octanol–water partition coefficient (Wildman–Crippen LogP) is 31.3. The first-order valence-corrected chi connectivity index (χ1v) is 45.1. The maximum atomic E-state index is 6.39. The van der Waals surface area contributed by atoms with Crippen LogP contribution in [0.25, 0.3) is 227 Å². The predicted molar refractivity (Wildman–Crippen MR) is 527 cm³/mol. The zero-order chi connectivity index (χ0) is 85.2. The summed E-state index contributed by atoms with van der Waals surface area (Å²) in [6, 6.07) is 70.3. The molecule has 0 unspecified atom stereocenters. The molecular formula is C112H102N8S2Zn2. The van der Waals surface area contributed by atoms with Crippen LogP contribution in [-0.2, 0) is 82.3 Å². The molecule has 124 heavy (non-hydrogen) atoms. The largest absolute Gasteiger partial charge is 2.00 e. The van der Waals surface area contributed by atoms with Crippen molar-refractivity contribution in [2.45, 2.75) is 209 Å². The van der Waals surface area contributed by atoms with Crippen LogP contribution in [0.15, 0.2) is 182 Å². The summed E-state index contributed by atoms with van der Waals surface area (Å²) < 4.78 is 4.81. The molecule has 0 aliphatic carbocycles. The number of aromatic nitrogens is 8. The third-order valence-corrected chi connectivity index (χ3v) is 29.1. The SMILES string of the molecule is CC(C)(C)c1cc(-c2c3cc4c5cc6[n-]c5c5c7nc(cc7c7cc([n-]c7c5c4n3)c(-c3cc(C(C)(C)C)cc(C(C)(C)C)c3)c3cc4c(n3)c(c3ccc2[n-]3)c2sc3ccccc3c42)c(-c2cc(C(C)(C)C)cc(C(C)(C)C)c2)c2ccc([n-]2)c2c3nc(cc3c3c4ccccc4sc32)c6-c2cc(C(C)(C)C)cc(C(C)(C)C)c2)cc(C(C)(C)C)c1.[Zn+2].[Zn+2]. The van der Waals surface area contributed by atoms with Gasteiger partial charge in [-0.05, 0) is 190 Å². The topological polar surface area (TPSA) is 108 Å². The number of fused-ring (bicyclic) bond motifs is 24. The third kappa shape index (κ3) is 12.6. The second kappa shape index (κ2) is 27.1. The van der Waals surface area contributed by atoms with Crippen molar-refractivity contribution in [3.05, 3.63) is 226 Å². The van der Waals surface area contributed by atoms with Gasteiger partial charge in [0, 0.05) is 72.7 Å². The van der Waals surface area contributed by atoms with E-state index in [2.05, 4.69) is 348 Å². The van der Waals surface area contributed by atoms with E-state index < -0.39 is 0 Å². The minimum absolute atomic E-state index is 0. The molecule has 12 aromatic heterocycles. The Balaban J connectivity index is 0.00000487. The fourth-order valence-corrected chi connectivity index (χ4v) is 22.1. The fourth-order valence-electron chi connectivity index (χ4n) is 19.5. The summed E-state index contributed by atoms with van der Waals surface area (Å²) in [5.41, 5.74) is 29.6. The number of hydrogen-bond acceptors (Lipinski definition) is 6. The smallest absolute Gasteiger partial charge is 0.657 e. The molecule has 10 aromatic carbocycles. The van der Waals surface area contributed by atoms with Gasteiger partial charge < -0.3 is 19.9 Å². The summed E-state index contributed by atoms with van der Waals surface area (Å²) in [6.45, 7) is 56.0. The molecule has 0 N–H and O–H groups in total. The Labute approximate surface area is 758 Å². The van der Waals surface area contributed by atoms with Crippen LogP contribution >= 0.6 is 22.7 Å². The molecule has 0 saturated carbocycles. The third-order valence-electron chi connectivity index (χ3n) is 26.7. The Hall–Kier alpha value is -10.3. The van der Waals surface area contributed by atoms with Gasteiger partial charge in [0.2, 0.25) is 0 Å². The van der Waals surface area contributed by atoms with Crippen molar-refractivity contribution in [3.63, 3.8) is 0 Å². The van der Waals surface area contributed by atoms with Gasteiger partial charge in [0.1, 0.15) is 0 Å². The Morgan fingerprint density at radius 3 is 0.750 bits per heavy atom. The molecule has 0 aliphatic rings. The van der Waals surface area contributed by atoms with Crippen LogP contribution in [-0.4, -0.2) is 19.9 Å². The van der Waals surface area contributed by atoms with E-state index in [9.17, 15) is 0 Å². The zero-order valence-electron chi connectivity index (χ0n) is 76.1. The molecule has 12 heterocycles. The van der Waals surface area contributed by atoms with Crippen LogP contribution < -0.4 is 19.9 Å². The van der Waals surface area contributed by atoms with E-state index in [0.29, 0.717) is 0 Å². The van der Waals surface area contributed by atoms with Gasteiger partial charge in [-0.1, -0.05) is 312 Å². The molecule has 0 spiro atoms. The summed E-state index contributed by atoms with van der Waals surface area (Å²) in [7, 11) is 0. The van der Waals surface area contributed by atoms with Crippen LogP contribution in [0.3, 0.4) is 0 Å². The molecule has 22 rings (SSSR count). The van der Waals surface area contributed by atoms with E-state index in [1.807, 2.05) is 22.7 Å². The number of benzene rings is 8. The van der Waals surface area contributed by atoms with Gasteiger partial charge in [-0.2, -0.15) is 0 Å². The molecule has 0 radical (unpaired) electrons. The summed E-state index contributed by atoms with van der Waals surface area (Å²) in [5, 5.41) is 14.7. The Bertz CT molecular complexity index is 7780. The van der Waals surface area contributed by atoms with E-state index in [0.717, 1.165) is 187 Å². The summed E-state index contributed by atoms with van der Waals surface area (Å²) in [6.07, 6.45) is 0. The first-order chi connectivity index (χ1) is 57.4. The van der Waals surface area contributed by atoms with Crippen LogP contribution in [0.4, 0.5) is 0 Å². The van der Waals surface area contributed by atoms with Gasteiger partial charge >= 0.3 is 39.0 Å². The van der Waals surface area contributed by atoms with Crippen LogP contribution in [0.5, 0.6) is 0 Å². The molecule has 8 nitrogen and oxygen atoms in total. The van der Waals surface area contributed by atoms with Crippen molar-refractivity contribution < 1.29 is 39.0 Å². The number of hydrogen-bond donors (Lipinski definition) is 0. The minimum atomic E-state index is -0.221. The molecular weight excluding hydrogens is 1650 g/mol. The van der Waals surface area contributed by atoms with E-state index in [-0.39, 0.29) is 82.3 Å². The number of nitrogens with zero attached hydrogens (tertiary/aromatic N) is 8.